The summed E-state index contributed by atoms with van der Waals surface area (Å²) < 4.78 is 0. The second-order valence-electron chi connectivity index (χ2n) is 5.46. The van der Waals surface area contributed by atoms with Gasteiger partial charge in [-0.25, -0.2) is 4.98 Å². The van der Waals surface area contributed by atoms with Crippen LogP contribution in [-0.2, 0) is 6.54 Å². The first kappa shape index (κ1) is 14.2. The van der Waals surface area contributed by atoms with Crippen LogP contribution in [0.15, 0.2) is 23.0 Å². The summed E-state index contributed by atoms with van der Waals surface area (Å²) in [4.78, 5) is 5.76. The van der Waals surface area contributed by atoms with Crippen LogP contribution in [0, 0.1) is 5.92 Å². The molecule has 0 aromatic carbocycles. The lowest BCUT2D eigenvalue weighted by Crippen LogP contribution is -2.28. The van der Waals surface area contributed by atoms with Gasteiger partial charge in [0.15, 0.2) is 0 Å². The Morgan fingerprint density at radius 1 is 1.40 bits per heavy atom. The Morgan fingerprint density at radius 2 is 2.35 bits per heavy atom. The zero-order chi connectivity index (χ0) is 13.8. The van der Waals surface area contributed by atoms with Gasteiger partial charge in [0.05, 0.1) is 6.10 Å². The van der Waals surface area contributed by atoms with Crippen LogP contribution >= 0.6 is 22.7 Å². The Bertz CT molecular complexity index is 524. The van der Waals surface area contributed by atoms with Gasteiger partial charge in [-0.2, -0.15) is 11.3 Å². The number of aliphatic hydroxyl groups is 1. The Hall–Kier alpha value is -0.750. The van der Waals surface area contributed by atoms with Gasteiger partial charge in [0.2, 0.25) is 0 Å². The van der Waals surface area contributed by atoms with Gasteiger partial charge >= 0.3 is 0 Å². The van der Waals surface area contributed by atoms with Crippen molar-refractivity contribution in [3.05, 3.63) is 27.9 Å². The van der Waals surface area contributed by atoms with Crippen molar-refractivity contribution in [1.29, 1.82) is 0 Å². The van der Waals surface area contributed by atoms with E-state index in [1.165, 1.54) is 16.9 Å². The minimum absolute atomic E-state index is 0.0795. The van der Waals surface area contributed by atoms with E-state index in [0.29, 0.717) is 5.92 Å². The number of rotatable bonds is 5. The molecule has 2 N–H and O–H groups in total. The lowest BCUT2D eigenvalue weighted by atomic mass is 9.87. The van der Waals surface area contributed by atoms with Gasteiger partial charge in [0.1, 0.15) is 5.01 Å². The van der Waals surface area contributed by atoms with Crippen molar-refractivity contribution in [2.45, 2.75) is 38.3 Å². The van der Waals surface area contributed by atoms with Gasteiger partial charge < -0.3 is 10.4 Å². The summed E-state index contributed by atoms with van der Waals surface area (Å²) in [6.45, 7) is 1.89. The van der Waals surface area contributed by atoms with Crippen molar-refractivity contribution in [3.63, 3.8) is 0 Å². The van der Waals surface area contributed by atoms with Crippen LogP contribution in [0.4, 0.5) is 0 Å². The second kappa shape index (κ2) is 6.80. The van der Waals surface area contributed by atoms with Crippen molar-refractivity contribution in [1.82, 2.24) is 10.3 Å². The number of hydrogen-bond donors (Lipinski definition) is 2. The van der Waals surface area contributed by atoms with Gasteiger partial charge in [-0.05, 0) is 43.2 Å². The first-order valence-electron chi connectivity index (χ1n) is 7.17. The zero-order valence-electron chi connectivity index (χ0n) is 11.4. The predicted octanol–water partition coefficient (Wildman–Crippen LogP) is 3.51. The average Bonchev–Trinajstić information content (AvgIpc) is 3.09. The smallest absolute Gasteiger partial charge is 0.124 e. The minimum atomic E-state index is -0.0795. The van der Waals surface area contributed by atoms with Crippen LogP contribution in [0.2, 0.25) is 0 Å². The molecule has 2 aromatic heterocycles. The normalized spacial score (nSPS) is 23.1. The molecule has 0 aliphatic heterocycles. The molecule has 2 aromatic rings. The summed E-state index contributed by atoms with van der Waals surface area (Å²) in [6, 6.07) is 2.12. The van der Waals surface area contributed by atoms with Crippen molar-refractivity contribution >= 4 is 22.7 Å². The van der Waals surface area contributed by atoms with Crippen molar-refractivity contribution in [2.75, 3.05) is 6.54 Å². The van der Waals surface area contributed by atoms with Gasteiger partial charge in [-0.1, -0.05) is 6.42 Å². The third-order valence-corrected chi connectivity index (χ3v) is 5.54. The van der Waals surface area contributed by atoms with E-state index in [0.717, 1.165) is 37.4 Å². The fraction of sp³-hybridized carbons (Fsp3) is 0.533. The lowest BCUT2D eigenvalue weighted by molar-refractivity contribution is 0.101. The highest BCUT2D eigenvalue weighted by atomic mass is 32.1. The molecule has 0 saturated heterocycles. The SMILES string of the molecule is OC1CCCC(CNCc2cnc(-c3ccsc3)s2)C1. The number of nitrogens with zero attached hydrogens (tertiary/aromatic N) is 1. The molecule has 0 amide bonds. The van der Waals surface area contributed by atoms with E-state index in [1.807, 2.05) is 6.20 Å². The van der Waals surface area contributed by atoms with Crippen LogP contribution in [-0.4, -0.2) is 22.7 Å². The highest BCUT2D eigenvalue weighted by Gasteiger charge is 2.19. The Balaban J connectivity index is 1.47. The first-order chi connectivity index (χ1) is 9.81. The van der Waals surface area contributed by atoms with E-state index in [2.05, 4.69) is 27.1 Å². The Kier molecular flexibility index (Phi) is 4.83. The van der Waals surface area contributed by atoms with E-state index in [4.69, 9.17) is 0 Å². The second-order valence-corrected chi connectivity index (χ2v) is 7.36. The number of thiazole rings is 1. The fourth-order valence-electron chi connectivity index (χ4n) is 2.76. The van der Waals surface area contributed by atoms with Gasteiger partial charge in [0, 0.05) is 28.6 Å². The fourth-order valence-corrected chi connectivity index (χ4v) is 4.35. The molecule has 1 saturated carbocycles. The summed E-state index contributed by atoms with van der Waals surface area (Å²) in [7, 11) is 0. The zero-order valence-corrected chi connectivity index (χ0v) is 13.1. The Labute approximate surface area is 127 Å². The molecule has 0 spiro atoms. The van der Waals surface area contributed by atoms with Crippen LogP contribution in [0.5, 0.6) is 0 Å². The molecular weight excluding hydrogens is 288 g/mol. The molecule has 20 heavy (non-hydrogen) atoms. The van der Waals surface area contributed by atoms with E-state index >= 15 is 0 Å². The molecule has 3 nitrogen and oxygen atoms in total. The van der Waals surface area contributed by atoms with E-state index < -0.39 is 0 Å². The number of aliphatic hydroxyl groups excluding tert-OH is 1. The molecule has 2 heterocycles. The maximum atomic E-state index is 9.67. The summed E-state index contributed by atoms with van der Waals surface area (Å²) >= 11 is 3.47. The molecule has 5 heteroatoms. The Morgan fingerprint density at radius 3 is 3.15 bits per heavy atom. The molecule has 1 aliphatic carbocycles. The van der Waals surface area contributed by atoms with Crippen molar-refractivity contribution < 1.29 is 5.11 Å². The summed E-state index contributed by atoms with van der Waals surface area (Å²) in [6.07, 6.45) is 6.23. The number of aromatic nitrogens is 1. The average molecular weight is 308 g/mol. The largest absolute Gasteiger partial charge is 0.393 e. The van der Waals surface area contributed by atoms with Crippen LogP contribution in [0.3, 0.4) is 0 Å². The standard InChI is InChI=1S/C15H20N2OS2/c18-13-3-1-2-11(6-13)7-16-8-14-9-17-15(20-14)12-4-5-19-10-12/h4-5,9-11,13,16,18H,1-3,6-8H2. The molecule has 2 atom stereocenters. The van der Waals surface area contributed by atoms with E-state index in [1.54, 1.807) is 22.7 Å². The molecule has 2 unspecified atom stereocenters. The quantitative estimate of drug-likeness (QED) is 0.888. The number of nitrogens with one attached hydrogen (secondary N) is 1. The number of hydrogen-bond acceptors (Lipinski definition) is 5. The maximum Gasteiger partial charge on any atom is 0.124 e. The maximum absolute atomic E-state index is 9.67. The van der Waals surface area contributed by atoms with Gasteiger partial charge in [-0.15, -0.1) is 11.3 Å². The summed E-state index contributed by atoms with van der Waals surface area (Å²) in [5, 5.41) is 18.5. The van der Waals surface area contributed by atoms with Crippen LogP contribution < -0.4 is 5.32 Å². The third-order valence-electron chi connectivity index (χ3n) is 3.81. The lowest BCUT2D eigenvalue weighted by Gasteiger charge is -2.25. The molecule has 0 radical (unpaired) electrons. The minimum Gasteiger partial charge on any atom is -0.393 e. The van der Waals surface area contributed by atoms with Crippen molar-refractivity contribution in [3.8, 4) is 10.6 Å². The molecule has 1 fully saturated rings. The van der Waals surface area contributed by atoms with Crippen LogP contribution in [0.25, 0.3) is 10.6 Å². The third kappa shape index (κ3) is 3.67. The number of thiophene rings is 1. The predicted molar refractivity (Wildman–Crippen MR) is 85.1 cm³/mol. The van der Waals surface area contributed by atoms with Crippen LogP contribution in [0.1, 0.15) is 30.6 Å². The molecule has 1 aliphatic rings. The summed E-state index contributed by atoms with van der Waals surface area (Å²) in [5.41, 5.74) is 1.22. The van der Waals surface area contributed by atoms with Gasteiger partial charge in [-0.3, -0.25) is 0 Å². The molecule has 0 bridgehead atoms. The van der Waals surface area contributed by atoms with Gasteiger partial charge in [0.25, 0.3) is 0 Å². The molecular formula is C15H20N2OS2. The first-order valence-corrected chi connectivity index (χ1v) is 8.93. The molecule has 108 valence electrons. The topological polar surface area (TPSA) is 45.1 Å². The van der Waals surface area contributed by atoms with Crippen molar-refractivity contribution in [2.24, 2.45) is 5.92 Å². The highest BCUT2D eigenvalue weighted by molar-refractivity contribution is 7.15. The highest BCUT2D eigenvalue weighted by Crippen LogP contribution is 2.27. The molecule has 3 rings (SSSR count). The summed E-state index contributed by atoms with van der Waals surface area (Å²) in [5.74, 6) is 0.628. The monoisotopic (exact) mass is 308 g/mol. The van der Waals surface area contributed by atoms with E-state index in [9.17, 15) is 5.11 Å². The van der Waals surface area contributed by atoms with E-state index in [-0.39, 0.29) is 6.10 Å².